The molecule has 0 aliphatic rings. The van der Waals surface area contributed by atoms with Crippen LogP contribution in [-0.2, 0) is 9.53 Å². The molecule has 5 nitrogen and oxygen atoms in total. The SMILES string of the molecule is O=C(CC(S)(S)S)OCC(CO)(CO)CO. The van der Waals surface area contributed by atoms with Gasteiger partial charge in [-0.2, -0.15) is 37.9 Å². The van der Waals surface area contributed by atoms with Crippen molar-refractivity contribution in [3.8, 4) is 0 Å². The first-order valence-corrected chi connectivity index (χ1v) is 5.78. The lowest BCUT2D eigenvalue weighted by molar-refractivity contribution is -0.151. The van der Waals surface area contributed by atoms with Crippen LogP contribution in [0.15, 0.2) is 0 Å². The van der Waals surface area contributed by atoms with Crippen LogP contribution >= 0.6 is 37.9 Å². The number of carbonyl (C=O) groups excluding carboxylic acids is 1. The molecule has 0 fully saturated rings. The van der Waals surface area contributed by atoms with Crippen molar-refractivity contribution in [1.82, 2.24) is 0 Å². The van der Waals surface area contributed by atoms with Gasteiger partial charge in [0.25, 0.3) is 0 Å². The summed E-state index contributed by atoms with van der Waals surface area (Å²) < 4.78 is 3.70. The molecule has 0 amide bonds. The highest BCUT2D eigenvalue weighted by Crippen LogP contribution is 2.28. The Morgan fingerprint density at radius 2 is 1.50 bits per heavy atom. The third-order valence-electron chi connectivity index (χ3n) is 1.93. The van der Waals surface area contributed by atoms with E-state index in [2.05, 4.69) is 37.9 Å². The summed E-state index contributed by atoms with van der Waals surface area (Å²) in [6.45, 7) is -1.73. The molecule has 0 spiro atoms. The normalized spacial score (nSPS) is 12.6. The largest absolute Gasteiger partial charge is 0.465 e. The smallest absolute Gasteiger partial charge is 0.308 e. The van der Waals surface area contributed by atoms with Crippen LogP contribution in [0.5, 0.6) is 0 Å². The van der Waals surface area contributed by atoms with Crippen LogP contribution < -0.4 is 0 Å². The Morgan fingerprint density at radius 1 is 1.06 bits per heavy atom. The fourth-order valence-electron chi connectivity index (χ4n) is 0.765. The van der Waals surface area contributed by atoms with Crippen LogP contribution in [0.3, 0.4) is 0 Å². The molecular formula is C8H16O5S3. The van der Waals surface area contributed by atoms with Crippen molar-refractivity contribution in [2.24, 2.45) is 5.41 Å². The van der Waals surface area contributed by atoms with Crippen LogP contribution in [0.4, 0.5) is 0 Å². The van der Waals surface area contributed by atoms with Gasteiger partial charge in [0.1, 0.15) is 10.0 Å². The van der Waals surface area contributed by atoms with Gasteiger partial charge in [0.05, 0.1) is 31.7 Å². The summed E-state index contributed by atoms with van der Waals surface area (Å²) in [6.07, 6.45) is -0.152. The number of ether oxygens (including phenoxy) is 1. The lowest BCUT2D eigenvalue weighted by Gasteiger charge is -2.27. The molecule has 0 aromatic carbocycles. The standard InChI is InChI=1S/C8H16O5S3/c9-2-7(3-10,4-11)5-13-6(12)1-8(14,15)16/h9-11,14-16H,1-5H2. The van der Waals surface area contributed by atoms with E-state index >= 15 is 0 Å². The van der Waals surface area contributed by atoms with E-state index in [1.165, 1.54) is 0 Å². The highest BCUT2D eigenvalue weighted by molar-refractivity contribution is 8.17. The van der Waals surface area contributed by atoms with E-state index in [9.17, 15) is 4.79 Å². The van der Waals surface area contributed by atoms with Gasteiger partial charge in [-0.25, -0.2) is 0 Å². The molecule has 96 valence electrons. The molecule has 0 radical (unpaired) electrons. The maximum Gasteiger partial charge on any atom is 0.308 e. The van der Waals surface area contributed by atoms with Gasteiger partial charge in [-0.1, -0.05) is 0 Å². The monoisotopic (exact) mass is 288 g/mol. The fourth-order valence-corrected chi connectivity index (χ4v) is 1.15. The Balaban J connectivity index is 4.17. The van der Waals surface area contributed by atoms with Gasteiger partial charge >= 0.3 is 5.97 Å². The number of thiol groups is 3. The number of hydrogen-bond acceptors (Lipinski definition) is 8. The minimum Gasteiger partial charge on any atom is -0.465 e. The first-order valence-electron chi connectivity index (χ1n) is 4.44. The summed E-state index contributed by atoms with van der Waals surface area (Å²) in [5, 5.41) is 26.9. The van der Waals surface area contributed by atoms with Crippen molar-refractivity contribution in [3.05, 3.63) is 0 Å². The molecule has 0 unspecified atom stereocenters. The minimum absolute atomic E-state index is 0.152. The summed E-state index contributed by atoms with van der Waals surface area (Å²) in [4.78, 5) is 11.2. The zero-order valence-electron chi connectivity index (χ0n) is 8.54. The average molecular weight is 288 g/mol. The summed E-state index contributed by atoms with van der Waals surface area (Å²) in [5.41, 5.74) is -1.22. The van der Waals surface area contributed by atoms with Gasteiger partial charge in [0.15, 0.2) is 0 Å². The lowest BCUT2D eigenvalue weighted by atomic mass is 9.93. The molecule has 0 saturated heterocycles. The number of carbonyl (C=O) groups is 1. The zero-order chi connectivity index (χ0) is 12.8. The number of esters is 1. The number of hydrogen-bond donors (Lipinski definition) is 6. The highest BCUT2D eigenvalue weighted by atomic mass is 32.2. The second-order valence-corrected chi connectivity index (χ2v) is 6.93. The molecule has 3 N–H and O–H groups in total. The number of aliphatic hydroxyl groups is 3. The van der Waals surface area contributed by atoms with E-state index in [-0.39, 0.29) is 13.0 Å². The summed E-state index contributed by atoms with van der Waals surface area (Å²) in [5.74, 6) is -0.625. The molecule has 8 heteroatoms. The molecule has 0 aromatic heterocycles. The molecule has 0 saturated carbocycles. The topological polar surface area (TPSA) is 87.0 Å². The third kappa shape index (κ3) is 6.21. The van der Waals surface area contributed by atoms with Gasteiger partial charge in [-0.3, -0.25) is 4.79 Å². The molecule has 0 rings (SSSR count). The van der Waals surface area contributed by atoms with Crippen molar-refractivity contribution < 1.29 is 24.9 Å². The maximum absolute atomic E-state index is 11.2. The molecule has 0 bridgehead atoms. The van der Waals surface area contributed by atoms with Crippen molar-refractivity contribution in [2.45, 2.75) is 9.83 Å². The summed E-state index contributed by atoms with van der Waals surface area (Å²) in [7, 11) is 0. The average Bonchev–Trinajstić information content (AvgIpc) is 2.18. The lowest BCUT2D eigenvalue weighted by Crippen LogP contribution is -2.39. The van der Waals surface area contributed by atoms with Gasteiger partial charge in [-0.15, -0.1) is 0 Å². The molecule has 0 heterocycles. The molecule has 16 heavy (non-hydrogen) atoms. The van der Waals surface area contributed by atoms with Crippen LogP contribution in [0.25, 0.3) is 0 Å². The van der Waals surface area contributed by atoms with Crippen LogP contribution in [0, 0.1) is 5.41 Å². The van der Waals surface area contributed by atoms with Crippen molar-refractivity contribution in [2.75, 3.05) is 26.4 Å². The molecule has 0 aliphatic carbocycles. The second-order valence-electron chi connectivity index (χ2n) is 3.59. The van der Waals surface area contributed by atoms with Gasteiger partial charge in [-0.05, 0) is 0 Å². The predicted molar refractivity (Wildman–Crippen MR) is 69.0 cm³/mol. The maximum atomic E-state index is 11.2. The Bertz CT molecular complexity index is 216. The van der Waals surface area contributed by atoms with Crippen LogP contribution in [0.2, 0.25) is 0 Å². The van der Waals surface area contributed by atoms with E-state index in [0.717, 1.165) is 0 Å². The second kappa shape index (κ2) is 6.97. The van der Waals surface area contributed by atoms with Gasteiger partial charge < -0.3 is 20.1 Å². The van der Waals surface area contributed by atoms with Crippen molar-refractivity contribution >= 4 is 43.9 Å². The van der Waals surface area contributed by atoms with Gasteiger partial charge in [0.2, 0.25) is 0 Å². The molecule has 0 aromatic rings. The van der Waals surface area contributed by atoms with E-state index in [1.807, 2.05) is 0 Å². The molecule has 0 atom stereocenters. The van der Waals surface area contributed by atoms with Crippen molar-refractivity contribution in [1.29, 1.82) is 0 Å². The first kappa shape index (κ1) is 16.4. The number of rotatable bonds is 7. The van der Waals surface area contributed by atoms with Crippen molar-refractivity contribution in [3.63, 3.8) is 0 Å². The Kier molecular flexibility index (Phi) is 7.15. The van der Waals surface area contributed by atoms with E-state index in [0.29, 0.717) is 0 Å². The number of aliphatic hydroxyl groups excluding tert-OH is 3. The van der Waals surface area contributed by atoms with E-state index < -0.39 is 34.6 Å². The fraction of sp³-hybridized carbons (Fsp3) is 0.875. The third-order valence-corrected chi connectivity index (χ3v) is 2.40. The van der Waals surface area contributed by atoms with E-state index in [4.69, 9.17) is 20.1 Å². The van der Waals surface area contributed by atoms with Crippen LogP contribution in [-0.4, -0.2) is 51.1 Å². The Hall–Kier alpha value is 0.400. The first-order chi connectivity index (χ1) is 7.28. The molecule has 0 aliphatic heterocycles. The summed E-state index contributed by atoms with van der Waals surface area (Å²) in [6, 6.07) is 0. The highest BCUT2D eigenvalue weighted by Gasteiger charge is 2.31. The quantitative estimate of drug-likeness (QED) is 0.212. The van der Waals surface area contributed by atoms with E-state index in [1.54, 1.807) is 0 Å². The molecular weight excluding hydrogens is 272 g/mol. The Labute approximate surface area is 110 Å². The predicted octanol–water partition coefficient (Wildman–Crippen LogP) is -0.674. The summed E-state index contributed by atoms with van der Waals surface area (Å²) >= 11 is 11.7. The van der Waals surface area contributed by atoms with Gasteiger partial charge in [0, 0.05) is 0 Å². The zero-order valence-corrected chi connectivity index (χ0v) is 11.2. The Morgan fingerprint density at radius 3 is 1.81 bits per heavy atom. The van der Waals surface area contributed by atoms with Crippen LogP contribution in [0.1, 0.15) is 6.42 Å². The minimum atomic E-state index is -1.22.